The maximum absolute atomic E-state index is 12.7. The van der Waals surface area contributed by atoms with E-state index in [2.05, 4.69) is 29.6 Å². The summed E-state index contributed by atoms with van der Waals surface area (Å²) in [6, 6.07) is 20.1. The maximum atomic E-state index is 12.7. The zero-order valence-electron chi connectivity index (χ0n) is 18.0. The average Bonchev–Trinajstić information content (AvgIpc) is 3.04. The van der Waals surface area contributed by atoms with Gasteiger partial charge in [0.05, 0.1) is 11.8 Å². The van der Waals surface area contributed by atoms with Crippen molar-refractivity contribution in [3.05, 3.63) is 71.8 Å². The highest BCUT2D eigenvalue weighted by atomic mass is 16.2. The van der Waals surface area contributed by atoms with Gasteiger partial charge >= 0.3 is 0 Å². The monoisotopic (exact) mass is 418 g/mol. The van der Waals surface area contributed by atoms with E-state index in [1.54, 1.807) is 0 Å². The quantitative estimate of drug-likeness (QED) is 0.694. The second-order valence-electron chi connectivity index (χ2n) is 8.73. The van der Waals surface area contributed by atoms with Gasteiger partial charge in [-0.25, -0.2) is 0 Å². The van der Waals surface area contributed by atoms with E-state index in [9.17, 15) is 14.4 Å². The lowest BCUT2D eigenvalue weighted by Gasteiger charge is -2.26. The molecule has 0 bridgehead atoms. The first-order valence-corrected chi connectivity index (χ1v) is 11.3. The average molecular weight is 419 g/mol. The summed E-state index contributed by atoms with van der Waals surface area (Å²) in [7, 11) is 0. The van der Waals surface area contributed by atoms with Crippen LogP contribution in [0.2, 0.25) is 0 Å². The molecule has 5 heteroatoms. The molecular formula is C26H30N2O3. The van der Waals surface area contributed by atoms with Crippen LogP contribution < -0.4 is 5.32 Å². The number of hydrogen-bond acceptors (Lipinski definition) is 3. The summed E-state index contributed by atoms with van der Waals surface area (Å²) in [5.41, 5.74) is 2.27. The molecule has 1 aliphatic heterocycles. The molecule has 1 saturated heterocycles. The highest BCUT2D eigenvalue weighted by Crippen LogP contribution is 2.38. The largest absolute Gasteiger partial charge is 0.353 e. The second-order valence-corrected chi connectivity index (χ2v) is 8.73. The molecular weight excluding hydrogens is 388 g/mol. The Bertz CT molecular complexity index is 865. The molecule has 2 aliphatic rings. The van der Waals surface area contributed by atoms with Crippen molar-refractivity contribution in [1.82, 2.24) is 10.2 Å². The molecule has 1 N–H and O–H groups in total. The van der Waals surface area contributed by atoms with Gasteiger partial charge in [0.15, 0.2) is 0 Å². The van der Waals surface area contributed by atoms with Crippen molar-refractivity contribution in [1.29, 1.82) is 0 Å². The van der Waals surface area contributed by atoms with Crippen LogP contribution in [-0.2, 0) is 14.4 Å². The second kappa shape index (κ2) is 9.46. The van der Waals surface area contributed by atoms with Crippen molar-refractivity contribution in [3.8, 4) is 0 Å². The number of imide groups is 1. The van der Waals surface area contributed by atoms with Gasteiger partial charge in [-0.1, -0.05) is 73.5 Å². The normalized spacial score (nSPS) is 21.8. The van der Waals surface area contributed by atoms with Crippen LogP contribution in [0.5, 0.6) is 0 Å². The summed E-state index contributed by atoms with van der Waals surface area (Å²) in [4.78, 5) is 39.3. The molecule has 2 fully saturated rings. The van der Waals surface area contributed by atoms with Gasteiger partial charge in [0.25, 0.3) is 0 Å². The van der Waals surface area contributed by atoms with Crippen molar-refractivity contribution >= 4 is 17.7 Å². The molecule has 3 atom stereocenters. The first kappa shape index (κ1) is 21.3. The molecule has 31 heavy (non-hydrogen) atoms. The first-order valence-electron chi connectivity index (χ1n) is 11.3. The third kappa shape index (κ3) is 4.55. The summed E-state index contributed by atoms with van der Waals surface area (Å²) in [5.74, 6) is -0.611. The standard InChI is InChI=1S/C26H30N2O3/c1-18(24(19-10-4-2-5-11-19)20-12-6-3-7-13-20)27-23(29)16-17-28-25(30)21-14-8-9-15-22(21)26(28)31/h2-7,10-13,18,21-22,24H,8-9,14-17H2,1H3,(H,27,29). The number of rotatable bonds is 7. The van der Waals surface area contributed by atoms with Crippen LogP contribution in [0.25, 0.3) is 0 Å². The van der Waals surface area contributed by atoms with Crippen LogP contribution in [0, 0.1) is 11.8 Å². The van der Waals surface area contributed by atoms with E-state index < -0.39 is 0 Å². The minimum atomic E-state index is -0.163. The van der Waals surface area contributed by atoms with Crippen LogP contribution in [0.1, 0.15) is 56.1 Å². The molecule has 1 heterocycles. The van der Waals surface area contributed by atoms with E-state index in [1.165, 1.54) is 4.90 Å². The summed E-state index contributed by atoms with van der Waals surface area (Å²) in [5, 5.41) is 3.11. The van der Waals surface area contributed by atoms with E-state index in [1.807, 2.05) is 43.3 Å². The van der Waals surface area contributed by atoms with Gasteiger partial charge in [-0.15, -0.1) is 0 Å². The Morgan fingerprint density at radius 2 is 1.39 bits per heavy atom. The summed E-state index contributed by atoms with van der Waals surface area (Å²) >= 11 is 0. The Hall–Kier alpha value is -2.95. The van der Waals surface area contributed by atoms with Crippen LogP contribution >= 0.6 is 0 Å². The smallest absolute Gasteiger partial charge is 0.233 e. The van der Waals surface area contributed by atoms with E-state index in [4.69, 9.17) is 0 Å². The van der Waals surface area contributed by atoms with E-state index >= 15 is 0 Å². The van der Waals surface area contributed by atoms with Crippen molar-refractivity contribution in [3.63, 3.8) is 0 Å². The number of amides is 3. The molecule has 1 saturated carbocycles. The number of likely N-dealkylation sites (tertiary alicyclic amines) is 1. The first-order chi connectivity index (χ1) is 15.1. The Kier molecular flexibility index (Phi) is 6.50. The van der Waals surface area contributed by atoms with Crippen LogP contribution in [0.4, 0.5) is 0 Å². The minimum absolute atomic E-state index is 0.0178. The summed E-state index contributed by atoms with van der Waals surface area (Å²) < 4.78 is 0. The van der Waals surface area contributed by atoms with Crippen LogP contribution in [-0.4, -0.2) is 35.2 Å². The number of nitrogens with one attached hydrogen (secondary N) is 1. The molecule has 0 spiro atoms. The highest BCUT2D eigenvalue weighted by molar-refractivity contribution is 6.05. The molecule has 4 rings (SSSR count). The zero-order chi connectivity index (χ0) is 21.8. The Labute approximate surface area is 183 Å². The minimum Gasteiger partial charge on any atom is -0.353 e. The molecule has 5 nitrogen and oxygen atoms in total. The maximum Gasteiger partial charge on any atom is 0.233 e. The fourth-order valence-corrected chi connectivity index (χ4v) is 5.16. The van der Waals surface area contributed by atoms with E-state index in [0.717, 1.165) is 36.8 Å². The lowest BCUT2D eigenvalue weighted by molar-refractivity contribution is -0.140. The predicted octanol–water partition coefficient (Wildman–Crippen LogP) is 3.89. The number of nitrogens with zero attached hydrogens (tertiary/aromatic N) is 1. The SMILES string of the molecule is CC(NC(=O)CCN1C(=O)C2CCCCC2C1=O)C(c1ccccc1)c1ccccc1. The third-order valence-electron chi connectivity index (χ3n) is 6.70. The zero-order valence-corrected chi connectivity index (χ0v) is 18.0. The molecule has 162 valence electrons. The van der Waals surface area contributed by atoms with Gasteiger partial charge in [-0.2, -0.15) is 0 Å². The third-order valence-corrected chi connectivity index (χ3v) is 6.70. The van der Waals surface area contributed by atoms with Gasteiger partial charge in [0, 0.05) is 24.9 Å². The molecule has 0 radical (unpaired) electrons. The predicted molar refractivity (Wildman–Crippen MR) is 119 cm³/mol. The van der Waals surface area contributed by atoms with Crippen LogP contribution in [0.3, 0.4) is 0 Å². The lowest BCUT2D eigenvalue weighted by atomic mass is 9.81. The number of carbonyl (C=O) groups is 3. The lowest BCUT2D eigenvalue weighted by Crippen LogP contribution is -2.40. The van der Waals surface area contributed by atoms with E-state index in [0.29, 0.717) is 0 Å². The van der Waals surface area contributed by atoms with Gasteiger partial charge in [0.1, 0.15) is 0 Å². The number of carbonyl (C=O) groups excluding carboxylic acids is 3. The van der Waals surface area contributed by atoms with E-state index in [-0.39, 0.29) is 54.5 Å². The van der Waals surface area contributed by atoms with Crippen molar-refractivity contribution in [2.45, 2.75) is 51.0 Å². The number of hydrogen-bond donors (Lipinski definition) is 1. The number of fused-ring (bicyclic) bond motifs is 1. The van der Waals surface area contributed by atoms with Crippen molar-refractivity contribution in [2.75, 3.05) is 6.54 Å². The molecule has 1 aliphatic carbocycles. The van der Waals surface area contributed by atoms with Gasteiger partial charge in [-0.3, -0.25) is 19.3 Å². The fourth-order valence-electron chi connectivity index (χ4n) is 5.16. The fraction of sp³-hybridized carbons (Fsp3) is 0.423. The molecule has 0 aromatic heterocycles. The highest BCUT2D eigenvalue weighted by Gasteiger charge is 2.47. The number of benzene rings is 2. The van der Waals surface area contributed by atoms with Gasteiger partial charge < -0.3 is 5.32 Å². The van der Waals surface area contributed by atoms with Gasteiger partial charge in [-0.05, 0) is 30.9 Å². The van der Waals surface area contributed by atoms with Gasteiger partial charge in [0.2, 0.25) is 17.7 Å². The molecule has 3 unspecified atom stereocenters. The molecule has 2 aromatic carbocycles. The summed E-state index contributed by atoms with van der Waals surface area (Å²) in [6.45, 7) is 2.17. The Balaban J connectivity index is 1.40. The Morgan fingerprint density at radius 3 is 1.87 bits per heavy atom. The summed E-state index contributed by atoms with van der Waals surface area (Å²) in [6.07, 6.45) is 3.74. The Morgan fingerprint density at radius 1 is 0.903 bits per heavy atom. The van der Waals surface area contributed by atoms with Crippen LogP contribution in [0.15, 0.2) is 60.7 Å². The topological polar surface area (TPSA) is 66.5 Å². The molecule has 3 amide bonds. The van der Waals surface area contributed by atoms with Crippen molar-refractivity contribution < 1.29 is 14.4 Å². The van der Waals surface area contributed by atoms with Crippen molar-refractivity contribution in [2.24, 2.45) is 11.8 Å². The molecule has 2 aromatic rings.